The standard InChI is InChI=1S/C14H10BrF3N2O2S/c15-10-4-3-8(6-9(10)14(16,17)18)20-12(21)7-19-13(22)11-2-1-5-23-11/h1-6H,7H2,(H,19,22)(H,20,21). The Kier molecular flexibility index (Phi) is 5.42. The van der Waals surface area contributed by atoms with Gasteiger partial charge in [-0.2, -0.15) is 13.2 Å². The van der Waals surface area contributed by atoms with Gasteiger partial charge in [0.2, 0.25) is 5.91 Å². The number of hydrogen-bond acceptors (Lipinski definition) is 3. The van der Waals surface area contributed by atoms with Crippen molar-refractivity contribution in [2.75, 3.05) is 11.9 Å². The van der Waals surface area contributed by atoms with Gasteiger partial charge in [-0.15, -0.1) is 11.3 Å². The van der Waals surface area contributed by atoms with Gasteiger partial charge in [0.1, 0.15) is 0 Å². The number of hydrogen-bond donors (Lipinski definition) is 2. The van der Waals surface area contributed by atoms with E-state index in [9.17, 15) is 22.8 Å². The highest BCUT2D eigenvalue weighted by atomic mass is 79.9. The summed E-state index contributed by atoms with van der Waals surface area (Å²) in [7, 11) is 0. The minimum absolute atomic E-state index is 0.00380. The topological polar surface area (TPSA) is 58.2 Å². The van der Waals surface area contributed by atoms with Crippen molar-refractivity contribution in [1.82, 2.24) is 5.32 Å². The first kappa shape index (κ1) is 17.5. The van der Waals surface area contributed by atoms with Gasteiger partial charge in [0.05, 0.1) is 17.0 Å². The molecule has 1 heterocycles. The average Bonchev–Trinajstić information content (AvgIpc) is 3.00. The number of nitrogens with one attached hydrogen (secondary N) is 2. The zero-order valence-corrected chi connectivity index (χ0v) is 13.8. The summed E-state index contributed by atoms with van der Waals surface area (Å²) in [5, 5.41) is 6.42. The smallest absolute Gasteiger partial charge is 0.342 e. The number of benzene rings is 1. The molecule has 0 atom stereocenters. The molecule has 9 heteroatoms. The minimum atomic E-state index is -4.53. The van der Waals surface area contributed by atoms with Gasteiger partial charge < -0.3 is 10.6 Å². The maximum Gasteiger partial charge on any atom is 0.417 e. The fraction of sp³-hybridized carbons (Fsp3) is 0.143. The normalized spacial score (nSPS) is 11.1. The predicted molar refractivity (Wildman–Crippen MR) is 84.4 cm³/mol. The van der Waals surface area contributed by atoms with Crippen molar-refractivity contribution < 1.29 is 22.8 Å². The largest absolute Gasteiger partial charge is 0.417 e. The number of carbonyl (C=O) groups is 2. The Morgan fingerprint density at radius 1 is 1.22 bits per heavy atom. The summed E-state index contributed by atoms with van der Waals surface area (Å²) in [6.07, 6.45) is -4.53. The van der Waals surface area contributed by atoms with Crippen molar-refractivity contribution in [3.05, 3.63) is 50.6 Å². The Morgan fingerprint density at radius 3 is 2.57 bits per heavy atom. The number of rotatable bonds is 4. The van der Waals surface area contributed by atoms with Gasteiger partial charge >= 0.3 is 6.18 Å². The first-order valence-electron chi connectivity index (χ1n) is 6.25. The third kappa shape index (κ3) is 4.80. The maximum absolute atomic E-state index is 12.8. The highest BCUT2D eigenvalue weighted by Crippen LogP contribution is 2.36. The molecule has 4 nitrogen and oxygen atoms in total. The third-order valence-corrected chi connectivity index (χ3v) is 4.27. The van der Waals surface area contributed by atoms with E-state index < -0.39 is 23.6 Å². The summed E-state index contributed by atoms with van der Waals surface area (Å²) < 4.78 is 38.2. The summed E-state index contributed by atoms with van der Waals surface area (Å²) in [5.41, 5.74) is -0.895. The molecular formula is C14H10BrF3N2O2S. The van der Waals surface area contributed by atoms with Crippen LogP contribution in [0.25, 0.3) is 0 Å². The zero-order valence-electron chi connectivity index (χ0n) is 11.4. The Hall–Kier alpha value is -1.87. The lowest BCUT2D eigenvalue weighted by Crippen LogP contribution is -2.32. The van der Waals surface area contributed by atoms with Crippen molar-refractivity contribution in [2.45, 2.75) is 6.18 Å². The molecule has 2 amide bonds. The van der Waals surface area contributed by atoms with Crippen LogP contribution < -0.4 is 10.6 Å². The van der Waals surface area contributed by atoms with Crippen LogP contribution >= 0.6 is 27.3 Å². The van der Waals surface area contributed by atoms with Crippen LogP contribution in [0.4, 0.5) is 18.9 Å². The molecule has 1 aromatic carbocycles. The Bertz CT molecular complexity index is 717. The lowest BCUT2D eigenvalue weighted by molar-refractivity contribution is -0.138. The van der Waals surface area contributed by atoms with Gasteiger partial charge in [-0.3, -0.25) is 9.59 Å². The van der Waals surface area contributed by atoms with Crippen LogP contribution in [-0.4, -0.2) is 18.4 Å². The summed E-state index contributed by atoms with van der Waals surface area (Å²) in [5.74, 6) is -1.03. The second-order valence-electron chi connectivity index (χ2n) is 4.40. The van der Waals surface area contributed by atoms with Crippen LogP contribution in [0.1, 0.15) is 15.2 Å². The van der Waals surface area contributed by atoms with Gasteiger partial charge in [-0.05, 0) is 29.6 Å². The fourth-order valence-corrected chi connectivity index (χ4v) is 2.79. The van der Waals surface area contributed by atoms with Crippen LogP contribution in [0.2, 0.25) is 0 Å². The van der Waals surface area contributed by atoms with Gasteiger partial charge in [-0.1, -0.05) is 22.0 Å². The summed E-state index contributed by atoms with van der Waals surface area (Å²) in [6.45, 7) is -0.339. The van der Waals surface area contributed by atoms with Crippen LogP contribution in [0, 0.1) is 0 Å². The van der Waals surface area contributed by atoms with Gasteiger partial charge in [0.15, 0.2) is 0 Å². The van der Waals surface area contributed by atoms with E-state index in [4.69, 9.17) is 0 Å². The highest BCUT2D eigenvalue weighted by Gasteiger charge is 2.33. The number of carbonyl (C=O) groups excluding carboxylic acids is 2. The lowest BCUT2D eigenvalue weighted by Gasteiger charge is -2.12. The Balaban J connectivity index is 1.97. The molecule has 0 aliphatic carbocycles. The summed E-state index contributed by atoms with van der Waals surface area (Å²) in [6, 6.07) is 6.65. The van der Waals surface area contributed by atoms with E-state index in [0.29, 0.717) is 4.88 Å². The molecule has 0 unspecified atom stereocenters. The minimum Gasteiger partial charge on any atom is -0.342 e. The number of thiophene rings is 1. The molecule has 0 saturated heterocycles. The van der Waals surface area contributed by atoms with E-state index in [-0.39, 0.29) is 16.7 Å². The molecule has 2 N–H and O–H groups in total. The Morgan fingerprint density at radius 2 is 1.96 bits per heavy atom. The maximum atomic E-state index is 12.8. The SMILES string of the molecule is O=C(CNC(=O)c1cccs1)Nc1ccc(Br)c(C(F)(F)F)c1. The monoisotopic (exact) mass is 406 g/mol. The van der Waals surface area contributed by atoms with Crippen LogP contribution in [0.15, 0.2) is 40.2 Å². The first-order valence-corrected chi connectivity index (χ1v) is 7.93. The molecule has 23 heavy (non-hydrogen) atoms. The molecule has 0 fully saturated rings. The number of amides is 2. The van der Waals surface area contributed by atoms with Gasteiger partial charge in [-0.25, -0.2) is 0 Å². The number of halogens is 4. The predicted octanol–water partition coefficient (Wildman–Crippen LogP) is 3.90. The Labute approximate surface area is 141 Å². The molecule has 0 bridgehead atoms. The average molecular weight is 407 g/mol. The molecule has 0 aliphatic rings. The molecule has 0 spiro atoms. The van der Waals surface area contributed by atoms with E-state index in [1.54, 1.807) is 17.5 Å². The quantitative estimate of drug-likeness (QED) is 0.808. The highest BCUT2D eigenvalue weighted by molar-refractivity contribution is 9.10. The second-order valence-corrected chi connectivity index (χ2v) is 6.20. The van der Waals surface area contributed by atoms with Gasteiger partial charge in [0.25, 0.3) is 5.91 Å². The second kappa shape index (κ2) is 7.14. The van der Waals surface area contributed by atoms with Crippen molar-refractivity contribution in [1.29, 1.82) is 0 Å². The third-order valence-electron chi connectivity index (χ3n) is 2.71. The lowest BCUT2D eigenvalue weighted by atomic mass is 10.2. The van der Waals surface area contributed by atoms with E-state index >= 15 is 0 Å². The van der Waals surface area contributed by atoms with Crippen LogP contribution in [0.5, 0.6) is 0 Å². The molecule has 0 saturated carbocycles. The van der Waals surface area contributed by atoms with E-state index in [1.165, 1.54) is 23.5 Å². The first-order chi connectivity index (χ1) is 10.8. The van der Waals surface area contributed by atoms with Crippen molar-refractivity contribution in [3.8, 4) is 0 Å². The van der Waals surface area contributed by atoms with E-state index in [1.807, 2.05) is 0 Å². The van der Waals surface area contributed by atoms with Crippen LogP contribution in [0.3, 0.4) is 0 Å². The molecular weight excluding hydrogens is 397 g/mol. The molecule has 122 valence electrons. The molecule has 2 rings (SSSR count). The van der Waals surface area contributed by atoms with Crippen molar-refractivity contribution >= 4 is 44.8 Å². The zero-order chi connectivity index (χ0) is 17.0. The van der Waals surface area contributed by atoms with Crippen molar-refractivity contribution in [2.24, 2.45) is 0 Å². The molecule has 1 aromatic heterocycles. The van der Waals surface area contributed by atoms with E-state index in [0.717, 1.165) is 6.07 Å². The summed E-state index contributed by atoms with van der Waals surface area (Å²) in [4.78, 5) is 23.8. The van der Waals surface area contributed by atoms with Crippen molar-refractivity contribution in [3.63, 3.8) is 0 Å². The summed E-state index contributed by atoms with van der Waals surface area (Å²) >= 11 is 4.03. The molecule has 0 radical (unpaired) electrons. The van der Waals surface area contributed by atoms with E-state index in [2.05, 4.69) is 26.6 Å². The fourth-order valence-electron chi connectivity index (χ4n) is 1.68. The molecule has 0 aliphatic heterocycles. The van der Waals surface area contributed by atoms with Crippen LogP contribution in [-0.2, 0) is 11.0 Å². The number of anilines is 1. The van der Waals surface area contributed by atoms with Gasteiger partial charge in [0, 0.05) is 10.2 Å². The number of alkyl halides is 3. The molecule has 2 aromatic rings.